The minimum Gasteiger partial charge on any atom is -0.480 e. The number of hydrogen-bond acceptors (Lipinski definition) is 4. The standard InChI is InChI=1S/C14H24N2O4/c1-10(2)8-15-6-7-16(11(9-15)12(17)18)13(19)20-14(3,4)5/h11H,1,6-9H2,2-5H3,(H,17,18). The Labute approximate surface area is 120 Å². The quantitative estimate of drug-likeness (QED) is 0.797. The van der Waals surface area contributed by atoms with Gasteiger partial charge in [-0.1, -0.05) is 12.2 Å². The van der Waals surface area contributed by atoms with E-state index in [0.717, 1.165) is 5.57 Å². The van der Waals surface area contributed by atoms with Crippen LogP contribution >= 0.6 is 0 Å². The van der Waals surface area contributed by atoms with Gasteiger partial charge in [-0.3, -0.25) is 9.80 Å². The lowest BCUT2D eigenvalue weighted by Crippen LogP contribution is -2.59. The van der Waals surface area contributed by atoms with Crippen LogP contribution in [0.2, 0.25) is 0 Å². The van der Waals surface area contributed by atoms with Gasteiger partial charge in [-0.25, -0.2) is 9.59 Å². The lowest BCUT2D eigenvalue weighted by Gasteiger charge is -2.39. The zero-order valence-electron chi connectivity index (χ0n) is 12.7. The fourth-order valence-corrected chi connectivity index (χ4v) is 2.12. The average Bonchev–Trinajstić information content (AvgIpc) is 2.25. The first-order chi connectivity index (χ1) is 9.10. The molecule has 0 saturated carbocycles. The summed E-state index contributed by atoms with van der Waals surface area (Å²) >= 11 is 0. The summed E-state index contributed by atoms with van der Waals surface area (Å²) in [5, 5.41) is 9.31. The molecule has 1 aliphatic rings. The molecule has 0 aromatic heterocycles. The van der Waals surface area contributed by atoms with Crippen molar-refractivity contribution >= 4 is 12.1 Å². The third-order valence-corrected chi connectivity index (χ3v) is 2.87. The Hall–Kier alpha value is -1.56. The van der Waals surface area contributed by atoms with Crippen LogP contribution < -0.4 is 0 Å². The molecule has 1 aliphatic heterocycles. The maximum Gasteiger partial charge on any atom is 0.411 e. The fourth-order valence-electron chi connectivity index (χ4n) is 2.12. The number of nitrogens with zero attached hydrogens (tertiary/aromatic N) is 2. The van der Waals surface area contributed by atoms with E-state index in [4.69, 9.17) is 4.74 Å². The Bertz CT molecular complexity index is 400. The number of aliphatic carboxylic acids is 1. The van der Waals surface area contributed by atoms with E-state index in [0.29, 0.717) is 26.2 Å². The Morgan fingerprint density at radius 1 is 1.35 bits per heavy atom. The first-order valence-corrected chi connectivity index (χ1v) is 6.69. The molecule has 20 heavy (non-hydrogen) atoms. The van der Waals surface area contributed by atoms with E-state index in [2.05, 4.69) is 6.58 Å². The SMILES string of the molecule is C=C(C)CN1CCN(C(=O)OC(C)(C)C)C(C(=O)O)C1. The molecular formula is C14H24N2O4. The average molecular weight is 284 g/mol. The van der Waals surface area contributed by atoms with Crippen molar-refractivity contribution < 1.29 is 19.4 Å². The largest absolute Gasteiger partial charge is 0.480 e. The van der Waals surface area contributed by atoms with Crippen LogP contribution in [-0.2, 0) is 9.53 Å². The van der Waals surface area contributed by atoms with Gasteiger partial charge in [0.1, 0.15) is 11.6 Å². The summed E-state index contributed by atoms with van der Waals surface area (Å²) in [4.78, 5) is 26.7. The minimum absolute atomic E-state index is 0.293. The lowest BCUT2D eigenvalue weighted by atomic mass is 10.1. The molecule has 0 bridgehead atoms. The monoisotopic (exact) mass is 284 g/mol. The predicted octanol–water partition coefficient (Wildman–Crippen LogP) is 1.57. The molecule has 0 radical (unpaired) electrons. The summed E-state index contributed by atoms with van der Waals surface area (Å²) in [7, 11) is 0. The first-order valence-electron chi connectivity index (χ1n) is 6.69. The lowest BCUT2D eigenvalue weighted by molar-refractivity contribution is -0.145. The number of hydrogen-bond donors (Lipinski definition) is 1. The molecule has 0 aliphatic carbocycles. The summed E-state index contributed by atoms with van der Waals surface area (Å²) in [5.41, 5.74) is 0.342. The van der Waals surface area contributed by atoms with Crippen molar-refractivity contribution in [1.29, 1.82) is 0 Å². The summed E-state index contributed by atoms with van der Waals surface area (Å²) in [5.74, 6) is -1.01. The highest BCUT2D eigenvalue weighted by atomic mass is 16.6. The summed E-state index contributed by atoms with van der Waals surface area (Å²) in [6, 6.07) is -0.877. The van der Waals surface area contributed by atoms with E-state index in [-0.39, 0.29) is 0 Å². The molecular weight excluding hydrogens is 260 g/mol. The first kappa shape index (κ1) is 16.5. The minimum atomic E-state index is -1.01. The number of rotatable bonds is 3. The van der Waals surface area contributed by atoms with E-state index < -0.39 is 23.7 Å². The number of ether oxygens (including phenoxy) is 1. The zero-order valence-corrected chi connectivity index (χ0v) is 12.7. The van der Waals surface area contributed by atoms with Crippen molar-refractivity contribution in [3.05, 3.63) is 12.2 Å². The van der Waals surface area contributed by atoms with Gasteiger partial charge in [-0.15, -0.1) is 0 Å². The molecule has 0 spiro atoms. The highest BCUT2D eigenvalue weighted by Crippen LogP contribution is 2.16. The van der Waals surface area contributed by atoms with Crippen molar-refractivity contribution in [2.75, 3.05) is 26.2 Å². The van der Waals surface area contributed by atoms with Gasteiger partial charge in [0.05, 0.1) is 0 Å². The third-order valence-electron chi connectivity index (χ3n) is 2.87. The molecule has 1 atom stereocenters. The van der Waals surface area contributed by atoms with E-state index in [1.54, 1.807) is 20.8 Å². The van der Waals surface area contributed by atoms with Gasteiger partial charge in [-0.2, -0.15) is 0 Å². The molecule has 1 amide bonds. The highest BCUT2D eigenvalue weighted by molar-refractivity contribution is 5.80. The number of carbonyl (C=O) groups is 2. The number of carbonyl (C=O) groups excluding carboxylic acids is 1. The van der Waals surface area contributed by atoms with E-state index in [1.165, 1.54) is 4.90 Å². The van der Waals surface area contributed by atoms with Crippen LogP contribution in [0.4, 0.5) is 4.79 Å². The van der Waals surface area contributed by atoms with Crippen molar-refractivity contribution in [3.8, 4) is 0 Å². The molecule has 1 fully saturated rings. The van der Waals surface area contributed by atoms with Gasteiger partial charge in [0.2, 0.25) is 0 Å². The molecule has 0 aromatic rings. The Morgan fingerprint density at radius 2 is 1.95 bits per heavy atom. The van der Waals surface area contributed by atoms with Crippen LogP contribution in [0.1, 0.15) is 27.7 Å². The number of amides is 1. The normalized spacial score (nSPS) is 20.6. The molecule has 1 heterocycles. The maximum absolute atomic E-state index is 12.1. The molecule has 1 saturated heterocycles. The fraction of sp³-hybridized carbons (Fsp3) is 0.714. The van der Waals surface area contributed by atoms with Gasteiger partial charge in [0.25, 0.3) is 0 Å². The Morgan fingerprint density at radius 3 is 2.40 bits per heavy atom. The molecule has 1 N–H and O–H groups in total. The van der Waals surface area contributed by atoms with Crippen molar-refractivity contribution in [1.82, 2.24) is 9.80 Å². The smallest absolute Gasteiger partial charge is 0.411 e. The van der Waals surface area contributed by atoms with Gasteiger partial charge < -0.3 is 9.84 Å². The summed E-state index contributed by atoms with van der Waals surface area (Å²) in [6.07, 6.45) is -0.570. The van der Waals surface area contributed by atoms with Crippen LogP contribution in [0.25, 0.3) is 0 Å². The molecule has 114 valence electrons. The molecule has 1 unspecified atom stereocenters. The third kappa shape index (κ3) is 4.85. The number of carboxylic acids is 1. The number of carboxylic acid groups (broad SMARTS) is 1. The molecule has 6 heteroatoms. The Kier molecular flexibility index (Phi) is 5.16. The van der Waals surface area contributed by atoms with Crippen LogP contribution in [0.3, 0.4) is 0 Å². The van der Waals surface area contributed by atoms with Crippen molar-refractivity contribution in [2.24, 2.45) is 0 Å². The van der Waals surface area contributed by atoms with E-state index >= 15 is 0 Å². The van der Waals surface area contributed by atoms with Crippen LogP contribution in [0.15, 0.2) is 12.2 Å². The van der Waals surface area contributed by atoms with Gasteiger partial charge in [0, 0.05) is 26.2 Å². The van der Waals surface area contributed by atoms with Crippen molar-refractivity contribution in [2.45, 2.75) is 39.3 Å². The molecule has 0 aromatic carbocycles. The van der Waals surface area contributed by atoms with Gasteiger partial charge in [0.15, 0.2) is 0 Å². The summed E-state index contributed by atoms with van der Waals surface area (Å²) in [6.45, 7) is 12.9. The van der Waals surface area contributed by atoms with E-state index in [9.17, 15) is 14.7 Å². The van der Waals surface area contributed by atoms with Crippen molar-refractivity contribution in [3.63, 3.8) is 0 Å². The van der Waals surface area contributed by atoms with Gasteiger partial charge >= 0.3 is 12.1 Å². The van der Waals surface area contributed by atoms with E-state index in [1.807, 2.05) is 11.8 Å². The topological polar surface area (TPSA) is 70.1 Å². The second kappa shape index (κ2) is 6.26. The summed E-state index contributed by atoms with van der Waals surface area (Å²) < 4.78 is 5.26. The second-order valence-electron chi connectivity index (χ2n) is 6.22. The Balaban J connectivity index is 2.75. The zero-order chi connectivity index (χ0) is 15.5. The number of piperazine rings is 1. The van der Waals surface area contributed by atoms with Crippen LogP contribution in [0, 0.1) is 0 Å². The molecule has 6 nitrogen and oxygen atoms in total. The predicted molar refractivity (Wildman–Crippen MR) is 75.6 cm³/mol. The molecule has 1 rings (SSSR count). The highest BCUT2D eigenvalue weighted by Gasteiger charge is 2.37. The second-order valence-corrected chi connectivity index (χ2v) is 6.22. The van der Waals surface area contributed by atoms with Gasteiger partial charge in [-0.05, 0) is 27.7 Å². The van der Waals surface area contributed by atoms with Crippen LogP contribution in [0.5, 0.6) is 0 Å². The van der Waals surface area contributed by atoms with Crippen LogP contribution in [-0.4, -0.2) is 64.8 Å². The maximum atomic E-state index is 12.1.